The minimum Gasteiger partial charge on any atom is -0.434 e. The van der Waals surface area contributed by atoms with Gasteiger partial charge in [0.25, 0.3) is 0 Å². The van der Waals surface area contributed by atoms with Gasteiger partial charge in [0.15, 0.2) is 0 Å². The van der Waals surface area contributed by atoms with E-state index in [0.29, 0.717) is 18.5 Å². The first kappa shape index (κ1) is 18.7. The second-order valence-electron chi connectivity index (χ2n) is 6.12. The zero-order chi connectivity index (χ0) is 19.2. The molecule has 3 rings (SSSR count). The van der Waals surface area contributed by atoms with E-state index in [1.54, 1.807) is 18.2 Å². The van der Waals surface area contributed by atoms with Crippen LogP contribution in [-0.4, -0.2) is 24.2 Å². The number of carbonyl (C=O) groups excluding carboxylic acids is 1. The average Bonchev–Trinajstić information content (AvgIpc) is 2.96. The molecule has 1 aromatic heterocycles. The molecule has 0 saturated heterocycles. The number of aromatic amines is 1. The molecule has 0 aliphatic heterocycles. The van der Waals surface area contributed by atoms with Gasteiger partial charge in [-0.05, 0) is 31.0 Å². The topological polar surface area (TPSA) is 66.2 Å². The maximum Gasteiger partial charge on any atom is 0.387 e. The number of alkyl halides is 2. The number of rotatable bonds is 7. The van der Waals surface area contributed by atoms with Crippen molar-refractivity contribution in [3.05, 3.63) is 65.4 Å². The molecule has 0 bridgehead atoms. The van der Waals surface area contributed by atoms with Gasteiger partial charge in [0, 0.05) is 35.2 Å². The first-order valence-corrected chi connectivity index (χ1v) is 8.65. The van der Waals surface area contributed by atoms with Gasteiger partial charge >= 0.3 is 12.6 Å². The third kappa shape index (κ3) is 4.75. The maximum absolute atomic E-state index is 12.4. The van der Waals surface area contributed by atoms with Crippen LogP contribution in [0.2, 0.25) is 0 Å². The van der Waals surface area contributed by atoms with Crippen molar-refractivity contribution in [3.8, 4) is 5.75 Å². The monoisotopic (exact) mass is 373 g/mol. The van der Waals surface area contributed by atoms with Crippen LogP contribution in [-0.2, 0) is 13.0 Å². The third-order valence-corrected chi connectivity index (χ3v) is 4.32. The lowest BCUT2D eigenvalue weighted by atomic mass is 10.1. The molecule has 7 heteroatoms. The van der Waals surface area contributed by atoms with Gasteiger partial charge in [-0.2, -0.15) is 8.78 Å². The summed E-state index contributed by atoms with van der Waals surface area (Å²) in [4.78, 5) is 15.3. The summed E-state index contributed by atoms with van der Waals surface area (Å²) < 4.78 is 29.3. The van der Waals surface area contributed by atoms with Gasteiger partial charge in [-0.1, -0.05) is 36.4 Å². The highest BCUT2D eigenvalue weighted by Gasteiger charge is 2.11. The van der Waals surface area contributed by atoms with Gasteiger partial charge < -0.3 is 20.4 Å². The van der Waals surface area contributed by atoms with Crippen LogP contribution in [0.25, 0.3) is 10.9 Å². The van der Waals surface area contributed by atoms with Crippen LogP contribution in [0.3, 0.4) is 0 Å². The zero-order valence-electron chi connectivity index (χ0n) is 14.9. The average molecular weight is 373 g/mol. The normalized spacial score (nSPS) is 11.0. The molecule has 5 nitrogen and oxygen atoms in total. The van der Waals surface area contributed by atoms with Crippen molar-refractivity contribution in [3.63, 3.8) is 0 Å². The number of aromatic nitrogens is 1. The smallest absolute Gasteiger partial charge is 0.387 e. The Kier molecular flexibility index (Phi) is 5.90. The molecule has 2 amide bonds. The van der Waals surface area contributed by atoms with Crippen LogP contribution in [0.1, 0.15) is 16.8 Å². The summed E-state index contributed by atoms with van der Waals surface area (Å²) in [5.41, 5.74) is 3.81. The van der Waals surface area contributed by atoms with E-state index in [9.17, 15) is 13.6 Å². The van der Waals surface area contributed by atoms with Crippen LogP contribution in [0.15, 0.2) is 48.5 Å². The highest BCUT2D eigenvalue weighted by atomic mass is 19.3. The molecule has 0 fully saturated rings. The van der Waals surface area contributed by atoms with Gasteiger partial charge in [-0.25, -0.2) is 4.79 Å². The Morgan fingerprint density at radius 1 is 1.11 bits per heavy atom. The molecular formula is C20H21F2N3O2. The summed E-state index contributed by atoms with van der Waals surface area (Å²) >= 11 is 0. The highest BCUT2D eigenvalue weighted by molar-refractivity contribution is 5.84. The Hall–Kier alpha value is -3.09. The molecule has 2 aromatic carbocycles. The number of nitrogens with one attached hydrogen (secondary N) is 3. The number of H-pyrrole nitrogens is 1. The summed E-state index contributed by atoms with van der Waals surface area (Å²) in [5.74, 6) is 0.0576. The lowest BCUT2D eigenvalue weighted by Gasteiger charge is -2.12. The Bertz CT molecular complexity index is 924. The molecular weight excluding hydrogens is 352 g/mol. The molecule has 0 aliphatic rings. The van der Waals surface area contributed by atoms with E-state index in [1.807, 2.05) is 31.2 Å². The number of carbonyl (C=O) groups is 1. The number of benzene rings is 2. The number of hydrogen-bond donors (Lipinski definition) is 3. The van der Waals surface area contributed by atoms with Crippen LogP contribution in [0.4, 0.5) is 13.6 Å². The second-order valence-corrected chi connectivity index (χ2v) is 6.12. The van der Waals surface area contributed by atoms with Crippen LogP contribution in [0.5, 0.6) is 5.75 Å². The van der Waals surface area contributed by atoms with Crippen molar-refractivity contribution in [2.24, 2.45) is 0 Å². The molecule has 142 valence electrons. The van der Waals surface area contributed by atoms with Crippen molar-refractivity contribution in [1.29, 1.82) is 0 Å². The molecule has 0 saturated carbocycles. The molecule has 0 atom stereocenters. The molecule has 0 radical (unpaired) electrons. The van der Waals surface area contributed by atoms with Gasteiger partial charge in [0.05, 0.1) is 0 Å². The number of ether oxygens (including phenoxy) is 1. The summed E-state index contributed by atoms with van der Waals surface area (Å²) in [6.07, 6.45) is 0.689. The minimum atomic E-state index is -2.90. The zero-order valence-corrected chi connectivity index (χ0v) is 14.9. The predicted molar refractivity (Wildman–Crippen MR) is 100 cm³/mol. The number of fused-ring (bicyclic) bond motifs is 1. The molecule has 3 aromatic rings. The number of urea groups is 1. The summed E-state index contributed by atoms with van der Waals surface area (Å²) in [6.45, 7) is -0.334. The van der Waals surface area contributed by atoms with E-state index < -0.39 is 6.61 Å². The van der Waals surface area contributed by atoms with Crippen molar-refractivity contribution in [2.75, 3.05) is 6.54 Å². The van der Waals surface area contributed by atoms with Gasteiger partial charge in [0.2, 0.25) is 0 Å². The van der Waals surface area contributed by atoms with E-state index in [1.165, 1.54) is 11.6 Å². The van der Waals surface area contributed by atoms with Crippen LogP contribution in [0, 0.1) is 6.92 Å². The number of hydrogen-bond acceptors (Lipinski definition) is 2. The van der Waals surface area contributed by atoms with Gasteiger partial charge in [0.1, 0.15) is 5.75 Å². The predicted octanol–water partition coefficient (Wildman–Crippen LogP) is 4.12. The van der Waals surface area contributed by atoms with E-state index in [2.05, 4.69) is 20.4 Å². The first-order chi connectivity index (χ1) is 13.0. The molecule has 27 heavy (non-hydrogen) atoms. The van der Waals surface area contributed by atoms with Crippen molar-refractivity contribution < 1.29 is 18.3 Å². The molecule has 3 N–H and O–H groups in total. The third-order valence-electron chi connectivity index (χ3n) is 4.32. The number of aryl methyl sites for hydroxylation is 1. The Labute approximate surface area is 155 Å². The Morgan fingerprint density at radius 2 is 1.85 bits per heavy atom. The van der Waals surface area contributed by atoms with Gasteiger partial charge in [-0.15, -0.1) is 0 Å². The number of para-hydroxylation sites is 2. The van der Waals surface area contributed by atoms with Crippen LogP contribution >= 0.6 is 0 Å². The fourth-order valence-corrected chi connectivity index (χ4v) is 3.06. The molecule has 1 heterocycles. The van der Waals surface area contributed by atoms with Crippen molar-refractivity contribution in [2.45, 2.75) is 26.5 Å². The van der Waals surface area contributed by atoms with E-state index in [0.717, 1.165) is 16.6 Å². The first-order valence-electron chi connectivity index (χ1n) is 8.65. The summed E-state index contributed by atoms with van der Waals surface area (Å²) in [5, 5.41) is 6.60. The standard InChI is InChI=1S/C20H21F2N3O2/c1-13-15(16-7-3-4-8-17(16)25-13)10-11-23-20(26)24-12-14-6-2-5-9-18(14)27-19(21)22/h2-9,19,25H,10-12H2,1H3,(H2,23,24,26). The molecule has 0 aliphatic carbocycles. The fraction of sp³-hybridized carbons (Fsp3) is 0.250. The molecule has 0 unspecified atom stereocenters. The lowest BCUT2D eigenvalue weighted by Crippen LogP contribution is -2.36. The quantitative estimate of drug-likeness (QED) is 0.583. The van der Waals surface area contributed by atoms with E-state index >= 15 is 0 Å². The molecule has 0 spiro atoms. The number of halogens is 2. The van der Waals surface area contributed by atoms with Crippen molar-refractivity contribution in [1.82, 2.24) is 15.6 Å². The largest absolute Gasteiger partial charge is 0.434 e. The lowest BCUT2D eigenvalue weighted by molar-refractivity contribution is -0.0504. The van der Waals surface area contributed by atoms with Crippen molar-refractivity contribution >= 4 is 16.9 Å². The van der Waals surface area contributed by atoms with E-state index in [-0.39, 0.29) is 18.3 Å². The van der Waals surface area contributed by atoms with E-state index in [4.69, 9.17) is 0 Å². The Balaban J connectivity index is 1.51. The van der Waals surface area contributed by atoms with Crippen LogP contribution < -0.4 is 15.4 Å². The Morgan fingerprint density at radius 3 is 2.67 bits per heavy atom. The summed E-state index contributed by atoms with van der Waals surface area (Å²) in [7, 11) is 0. The summed E-state index contributed by atoms with van der Waals surface area (Å²) in [6, 6.07) is 14.0. The SMILES string of the molecule is Cc1[nH]c2ccccc2c1CCNC(=O)NCc1ccccc1OC(F)F. The minimum absolute atomic E-state index is 0.0576. The van der Waals surface area contributed by atoms with Gasteiger partial charge in [-0.3, -0.25) is 0 Å². The maximum atomic E-state index is 12.4. The second kappa shape index (κ2) is 8.53. The highest BCUT2D eigenvalue weighted by Crippen LogP contribution is 2.22. The fourth-order valence-electron chi connectivity index (χ4n) is 3.06. The number of amides is 2.